The maximum Gasteiger partial charge on any atom is 0.306 e. The third-order valence-electron chi connectivity index (χ3n) is 3.11. The van der Waals surface area contributed by atoms with Crippen LogP contribution in [-0.4, -0.2) is 29.1 Å². The summed E-state index contributed by atoms with van der Waals surface area (Å²) in [5, 5.41) is 11.0. The minimum Gasteiger partial charge on any atom is -0.481 e. The van der Waals surface area contributed by atoms with Crippen molar-refractivity contribution in [3.05, 3.63) is 20.8 Å². The molecule has 0 saturated carbocycles. The molecule has 1 unspecified atom stereocenters. The normalized spacial score (nSPS) is 19.4. The van der Waals surface area contributed by atoms with Crippen molar-refractivity contribution in [2.75, 3.05) is 13.1 Å². The molecular formula is C11H14BrNO2S. The Balaban J connectivity index is 1.79. The van der Waals surface area contributed by atoms with Gasteiger partial charge in [-0.1, -0.05) is 6.92 Å². The molecule has 1 aliphatic rings. The lowest BCUT2D eigenvalue weighted by Crippen LogP contribution is -2.50. The second-order valence-electron chi connectivity index (χ2n) is 4.34. The van der Waals surface area contributed by atoms with Crippen LogP contribution < -0.4 is 0 Å². The molecule has 2 rings (SSSR count). The predicted molar refractivity (Wildman–Crippen MR) is 67.6 cm³/mol. The molecule has 1 N–H and O–H groups in total. The molecular weight excluding hydrogens is 290 g/mol. The molecule has 1 saturated heterocycles. The van der Waals surface area contributed by atoms with E-state index in [-0.39, 0.29) is 5.92 Å². The lowest BCUT2D eigenvalue weighted by molar-refractivity contribution is -0.145. The van der Waals surface area contributed by atoms with Crippen molar-refractivity contribution in [3.63, 3.8) is 0 Å². The van der Waals surface area contributed by atoms with E-state index in [0.29, 0.717) is 5.92 Å². The second-order valence-corrected chi connectivity index (χ2v) is 6.63. The van der Waals surface area contributed by atoms with Crippen LogP contribution in [0.15, 0.2) is 15.2 Å². The Morgan fingerprint density at radius 1 is 1.75 bits per heavy atom. The number of rotatable bonds is 4. The van der Waals surface area contributed by atoms with Crippen molar-refractivity contribution in [1.82, 2.24) is 4.90 Å². The van der Waals surface area contributed by atoms with Crippen molar-refractivity contribution >= 4 is 33.2 Å². The highest BCUT2D eigenvalue weighted by atomic mass is 79.9. The number of hydrogen-bond donors (Lipinski definition) is 1. The minimum absolute atomic E-state index is 0.217. The Kier molecular flexibility index (Phi) is 3.66. The van der Waals surface area contributed by atoms with Crippen molar-refractivity contribution in [2.45, 2.75) is 13.5 Å². The maximum atomic E-state index is 10.8. The Hall–Kier alpha value is -0.390. The fourth-order valence-corrected chi connectivity index (χ4v) is 3.14. The van der Waals surface area contributed by atoms with Gasteiger partial charge in [0.05, 0.1) is 9.70 Å². The summed E-state index contributed by atoms with van der Waals surface area (Å²) in [7, 11) is 0. The molecule has 1 fully saturated rings. The van der Waals surface area contributed by atoms with E-state index in [1.165, 1.54) is 5.56 Å². The highest BCUT2D eigenvalue weighted by molar-refractivity contribution is 9.11. The van der Waals surface area contributed by atoms with Gasteiger partial charge in [0.1, 0.15) is 0 Å². The topological polar surface area (TPSA) is 40.5 Å². The molecule has 1 aliphatic heterocycles. The van der Waals surface area contributed by atoms with E-state index >= 15 is 0 Å². The van der Waals surface area contributed by atoms with Crippen LogP contribution in [0.4, 0.5) is 0 Å². The number of hydrogen-bond acceptors (Lipinski definition) is 3. The summed E-state index contributed by atoms with van der Waals surface area (Å²) in [5.41, 5.74) is 1.30. The SMILES string of the molecule is CC(C(=O)O)C1CN(Cc2csc(Br)c2)C1. The lowest BCUT2D eigenvalue weighted by Gasteiger charge is -2.41. The number of aliphatic carboxylic acids is 1. The largest absolute Gasteiger partial charge is 0.481 e. The first-order valence-corrected chi connectivity index (χ1v) is 6.91. The predicted octanol–water partition coefficient (Wildman–Crippen LogP) is 2.66. The van der Waals surface area contributed by atoms with Gasteiger partial charge in [-0.05, 0) is 38.9 Å². The van der Waals surface area contributed by atoms with Crippen LogP contribution >= 0.6 is 27.3 Å². The summed E-state index contributed by atoms with van der Waals surface area (Å²) in [6.07, 6.45) is 0. The molecule has 1 aromatic rings. The Labute approximate surface area is 107 Å². The molecule has 0 aromatic carbocycles. The average Bonchev–Trinajstić information content (AvgIpc) is 2.56. The number of likely N-dealkylation sites (tertiary alicyclic amines) is 1. The summed E-state index contributed by atoms with van der Waals surface area (Å²) >= 11 is 5.13. The quantitative estimate of drug-likeness (QED) is 0.929. The van der Waals surface area contributed by atoms with Crippen molar-refractivity contribution < 1.29 is 9.90 Å². The number of halogens is 1. The van der Waals surface area contributed by atoms with Crippen molar-refractivity contribution in [1.29, 1.82) is 0 Å². The zero-order valence-electron chi connectivity index (χ0n) is 9.02. The van der Waals surface area contributed by atoms with Crippen molar-refractivity contribution in [2.24, 2.45) is 11.8 Å². The summed E-state index contributed by atoms with van der Waals surface area (Å²) in [6.45, 7) is 4.54. The van der Waals surface area contributed by atoms with Gasteiger partial charge in [-0.15, -0.1) is 11.3 Å². The van der Waals surface area contributed by atoms with Crippen LogP contribution in [0.25, 0.3) is 0 Å². The van der Waals surface area contributed by atoms with E-state index in [1.54, 1.807) is 18.3 Å². The van der Waals surface area contributed by atoms with Gasteiger partial charge in [0.2, 0.25) is 0 Å². The zero-order chi connectivity index (χ0) is 11.7. The molecule has 2 heterocycles. The Morgan fingerprint density at radius 3 is 2.94 bits per heavy atom. The number of carbonyl (C=O) groups is 1. The first-order chi connectivity index (χ1) is 7.56. The van der Waals surface area contributed by atoms with E-state index < -0.39 is 5.97 Å². The van der Waals surface area contributed by atoms with Gasteiger partial charge in [-0.2, -0.15) is 0 Å². The van der Waals surface area contributed by atoms with E-state index in [4.69, 9.17) is 5.11 Å². The molecule has 0 amide bonds. The lowest BCUT2D eigenvalue weighted by atomic mass is 9.87. The summed E-state index contributed by atoms with van der Waals surface area (Å²) < 4.78 is 1.15. The van der Waals surface area contributed by atoms with Gasteiger partial charge in [0.15, 0.2) is 0 Å². The molecule has 0 bridgehead atoms. The standard InChI is InChI=1S/C11H14BrNO2S/c1-7(11(14)15)9-4-13(5-9)3-8-2-10(12)16-6-8/h2,6-7,9H,3-5H2,1H3,(H,14,15). The minimum atomic E-state index is -0.678. The smallest absolute Gasteiger partial charge is 0.306 e. The fraction of sp³-hybridized carbons (Fsp3) is 0.545. The van der Waals surface area contributed by atoms with Crippen LogP contribution in [0.2, 0.25) is 0 Å². The first-order valence-electron chi connectivity index (χ1n) is 5.24. The van der Waals surface area contributed by atoms with Gasteiger partial charge in [0.25, 0.3) is 0 Å². The molecule has 88 valence electrons. The summed E-state index contributed by atoms with van der Waals surface area (Å²) in [4.78, 5) is 13.1. The molecule has 5 heteroatoms. The van der Waals surface area contributed by atoms with Gasteiger partial charge in [-0.25, -0.2) is 0 Å². The van der Waals surface area contributed by atoms with Crippen LogP contribution in [0.5, 0.6) is 0 Å². The van der Waals surface area contributed by atoms with Crippen LogP contribution in [0.1, 0.15) is 12.5 Å². The molecule has 0 aliphatic carbocycles. The van der Waals surface area contributed by atoms with Gasteiger partial charge in [-0.3, -0.25) is 9.69 Å². The molecule has 3 nitrogen and oxygen atoms in total. The van der Waals surface area contributed by atoms with Crippen LogP contribution in [-0.2, 0) is 11.3 Å². The van der Waals surface area contributed by atoms with Gasteiger partial charge in [0, 0.05) is 19.6 Å². The van der Waals surface area contributed by atoms with Gasteiger partial charge >= 0.3 is 5.97 Å². The third-order valence-corrected chi connectivity index (χ3v) is 4.66. The molecule has 1 atom stereocenters. The number of carboxylic acids is 1. The summed E-state index contributed by atoms with van der Waals surface area (Å²) in [5.74, 6) is -0.576. The molecule has 0 radical (unpaired) electrons. The zero-order valence-corrected chi connectivity index (χ0v) is 11.4. The molecule has 16 heavy (non-hydrogen) atoms. The van der Waals surface area contributed by atoms with E-state index in [2.05, 4.69) is 32.3 Å². The number of thiophene rings is 1. The van der Waals surface area contributed by atoms with E-state index in [0.717, 1.165) is 23.4 Å². The fourth-order valence-electron chi connectivity index (χ4n) is 1.94. The van der Waals surface area contributed by atoms with Crippen LogP contribution in [0.3, 0.4) is 0 Å². The molecule has 1 aromatic heterocycles. The average molecular weight is 304 g/mol. The third kappa shape index (κ3) is 2.64. The number of carboxylic acid groups (broad SMARTS) is 1. The highest BCUT2D eigenvalue weighted by Gasteiger charge is 2.34. The summed E-state index contributed by atoms with van der Waals surface area (Å²) in [6, 6.07) is 2.12. The monoisotopic (exact) mass is 303 g/mol. The van der Waals surface area contributed by atoms with E-state index in [9.17, 15) is 4.79 Å². The van der Waals surface area contributed by atoms with Gasteiger partial charge < -0.3 is 5.11 Å². The van der Waals surface area contributed by atoms with Crippen molar-refractivity contribution in [3.8, 4) is 0 Å². The Morgan fingerprint density at radius 2 is 2.44 bits per heavy atom. The molecule has 0 spiro atoms. The second kappa shape index (κ2) is 4.85. The van der Waals surface area contributed by atoms with Crippen LogP contribution in [0, 0.1) is 11.8 Å². The first kappa shape index (κ1) is 12.1. The van der Waals surface area contributed by atoms with E-state index in [1.807, 2.05) is 0 Å². The number of nitrogens with zero attached hydrogens (tertiary/aromatic N) is 1. The maximum absolute atomic E-state index is 10.8. The highest BCUT2D eigenvalue weighted by Crippen LogP contribution is 2.28. The Bertz CT molecular complexity index is 387.